The topological polar surface area (TPSA) is 39.2 Å². The Labute approximate surface area is 121 Å². The Kier molecular flexibility index (Phi) is 4.56. The molecule has 0 aliphatic rings. The maximum Gasteiger partial charge on any atom is 0.338 e. The summed E-state index contributed by atoms with van der Waals surface area (Å²) < 4.78 is 5.25. The quantitative estimate of drug-likeness (QED) is 0.624. The van der Waals surface area contributed by atoms with Crippen molar-refractivity contribution in [2.45, 2.75) is 26.4 Å². The summed E-state index contributed by atoms with van der Waals surface area (Å²) >= 11 is 7.48. The van der Waals surface area contributed by atoms with Crippen LogP contribution in [0.1, 0.15) is 40.7 Å². The van der Waals surface area contributed by atoms with Crippen LogP contribution in [0, 0.1) is 0 Å². The summed E-state index contributed by atoms with van der Waals surface area (Å²) in [6.45, 7) is 4.28. The molecule has 0 fully saturated rings. The van der Waals surface area contributed by atoms with Gasteiger partial charge in [-0.25, -0.2) is 9.78 Å². The summed E-state index contributed by atoms with van der Waals surface area (Å²) in [6.07, 6.45) is 0. The van der Waals surface area contributed by atoms with Crippen LogP contribution in [-0.2, 0) is 11.3 Å². The molecular weight excluding hydrogens is 282 g/mol. The molecule has 0 spiro atoms. The monoisotopic (exact) mass is 295 g/mol. The number of ether oxygens (including phenoxy) is 1. The molecule has 0 amide bonds. The van der Waals surface area contributed by atoms with Gasteiger partial charge in [-0.3, -0.25) is 0 Å². The molecule has 0 saturated heterocycles. The third kappa shape index (κ3) is 3.78. The zero-order valence-electron chi connectivity index (χ0n) is 10.7. The highest BCUT2D eigenvalue weighted by atomic mass is 35.5. The number of thiophene rings is 1. The van der Waals surface area contributed by atoms with Gasteiger partial charge < -0.3 is 4.74 Å². The predicted octanol–water partition coefficient (Wildman–Crippen LogP) is 4.28. The second kappa shape index (κ2) is 6.17. The van der Waals surface area contributed by atoms with Gasteiger partial charge in [0.25, 0.3) is 0 Å². The lowest BCUT2D eigenvalue weighted by molar-refractivity contribution is 0.0476. The summed E-state index contributed by atoms with van der Waals surface area (Å²) in [5.41, 5.74) is 1.23. The van der Waals surface area contributed by atoms with E-state index >= 15 is 0 Å². The fraction of sp³-hybridized carbons (Fsp3) is 0.286. The van der Waals surface area contributed by atoms with Crippen molar-refractivity contribution in [1.82, 2.24) is 4.98 Å². The molecule has 0 unspecified atom stereocenters. The number of nitrogens with zero attached hydrogens (tertiary/aromatic N) is 1. The van der Waals surface area contributed by atoms with Crippen molar-refractivity contribution in [3.63, 3.8) is 0 Å². The highest BCUT2D eigenvalue weighted by Crippen LogP contribution is 2.19. The van der Waals surface area contributed by atoms with E-state index in [0.29, 0.717) is 10.7 Å². The number of carbonyl (C=O) groups excluding carboxylic acids is 1. The average Bonchev–Trinajstić information content (AvgIpc) is 2.88. The second-order valence-electron chi connectivity index (χ2n) is 4.41. The molecule has 0 N–H and O–H groups in total. The van der Waals surface area contributed by atoms with Crippen LogP contribution in [0.15, 0.2) is 29.6 Å². The average molecular weight is 296 g/mol. The summed E-state index contributed by atoms with van der Waals surface area (Å²) in [4.78, 5) is 17.2. The summed E-state index contributed by atoms with van der Waals surface area (Å²) in [5, 5.41) is 2.26. The molecule has 0 bridgehead atoms. The third-order valence-corrected chi connectivity index (χ3v) is 3.61. The van der Waals surface area contributed by atoms with E-state index in [1.165, 1.54) is 6.07 Å². The number of esters is 1. The Morgan fingerprint density at radius 2 is 2.26 bits per heavy atom. The molecule has 100 valence electrons. The standard InChI is InChI=1S/C14H14ClNO2S/c1-9(2)12-6-10(7-13(15)16-12)14(17)18-8-11-4-3-5-19-11/h3-7,9H,8H2,1-2H3. The molecular formula is C14H14ClNO2S. The number of halogens is 1. The lowest BCUT2D eigenvalue weighted by atomic mass is 10.1. The second-order valence-corrected chi connectivity index (χ2v) is 5.83. The van der Waals surface area contributed by atoms with Crippen molar-refractivity contribution < 1.29 is 9.53 Å². The molecule has 0 aliphatic heterocycles. The minimum Gasteiger partial charge on any atom is -0.456 e. The highest BCUT2D eigenvalue weighted by molar-refractivity contribution is 7.09. The maximum absolute atomic E-state index is 12.0. The molecule has 19 heavy (non-hydrogen) atoms. The molecule has 0 atom stereocenters. The Hall–Kier alpha value is -1.39. The number of aromatic nitrogens is 1. The van der Waals surface area contributed by atoms with Crippen molar-refractivity contribution in [3.05, 3.63) is 50.9 Å². The molecule has 2 heterocycles. The molecule has 3 nitrogen and oxygen atoms in total. The zero-order chi connectivity index (χ0) is 13.8. The van der Waals surface area contributed by atoms with E-state index in [-0.39, 0.29) is 18.5 Å². The first-order valence-electron chi connectivity index (χ1n) is 5.93. The van der Waals surface area contributed by atoms with Crippen LogP contribution in [-0.4, -0.2) is 11.0 Å². The van der Waals surface area contributed by atoms with Gasteiger partial charge in [0.2, 0.25) is 0 Å². The Morgan fingerprint density at radius 1 is 1.47 bits per heavy atom. The van der Waals surface area contributed by atoms with Crippen molar-refractivity contribution in [1.29, 1.82) is 0 Å². The predicted molar refractivity (Wildman–Crippen MR) is 76.8 cm³/mol. The van der Waals surface area contributed by atoms with Gasteiger partial charge in [-0.15, -0.1) is 11.3 Å². The number of hydrogen-bond acceptors (Lipinski definition) is 4. The summed E-state index contributed by atoms with van der Waals surface area (Å²) in [5.74, 6) is -0.165. The molecule has 2 rings (SSSR count). The first-order valence-corrected chi connectivity index (χ1v) is 7.19. The van der Waals surface area contributed by atoms with E-state index in [0.717, 1.165) is 10.6 Å². The minimum atomic E-state index is -0.375. The van der Waals surface area contributed by atoms with Gasteiger partial charge in [0.05, 0.1) is 5.56 Å². The van der Waals surface area contributed by atoms with Crippen LogP contribution < -0.4 is 0 Å². The maximum atomic E-state index is 12.0. The van der Waals surface area contributed by atoms with Gasteiger partial charge >= 0.3 is 5.97 Å². The van der Waals surface area contributed by atoms with Gasteiger partial charge in [0, 0.05) is 10.6 Å². The molecule has 0 aliphatic carbocycles. The van der Waals surface area contributed by atoms with Gasteiger partial charge in [-0.05, 0) is 29.5 Å². The van der Waals surface area contributed by atoms with Gasteiger partial charge in [-0.1, -0.05) is 31.5 Å². The van der Waals surface area contributed by atoms with Crippen LogP contribution in [0.25, 0.3) is 0 Å². The Morgan fingerprint density at radius 3 is 2.89 bits per heavy atom. The van der Waals surface area contributed by atoms with E-state index in [9.17, 15) is 4.79 Å². The van der Waals surface area contributed by atoms with Gasteiger partial charge in [0.1, 0.15) is 11.8 Å². The molecule has 2 aromatic rings. The molecule has 5 heteroatoms. The van der Waals surface area contributed by atoms with Crippen LogP contribution in [0.4, 0.5) is 0 Å². The van der Waals surface area contributed by atoms with Gasteiger partial charge in [-0.2, -0.15) is 0 Å². The first-order chi connectivity index (χ1) is 9.06. The largest absolute Gasteiger partial charge is 0.456 e. The van der Waals surface area contributed by atoms with Crippen LogP contribution >= 0.6 is 22.9 Å². The van der Waals surface area contributed by atoms with Crippen LogP contribution in [0.2, 0.25) is 5.15 Å². The fourth-order valence-electron chi connectivity index (χ4n) is 1.55. The Balaban J connectivity index is 2.10. The van der Waals surface area contributed by atoms with E-state index < -0.39 is 0 Å². The van der Waals surface area contributed by atoms with Crippen molar-refractivity contribution in [3.8, 4) is 0 Å². The normalized spacial score (nSPS) is 10.7. The van der Waals surface area contributed by atoms with E-state index in [4.69, 9.17) is 16.3 Å². The number of pyridine rings is 1. The molecule has 2 aromatic heterocycles. The Bertz CT molecular complexity index is 567. The lowest BCUT2D eigenvalue weighted by Gasteiger charge is -2.08. The van der Waals surface area contributed by atoms with Crippen molar-refractivity contribution >= 4 is 28.9 Å². The summed E-state index contributed by atoms with van der Waals surface area (Å²) in [6, 6.07) is 7.11. The number of hydrogen-bond donors (Lipinski definition) is 0. The zero-order valence-corrected chi connectivity index (χ0v) is 12.3. The molecule has 0 aromatic carbocycles. The number of carbonyl (C=O) groups is 1. The smallest absolute Gasteiger partial charge is 0.338 e. The van der Waals surface area contributed by atoms with E-state index in [1.54, 1.807) is 17.4 Å². The van der Waals surface area contributed by atoms with Crippen LogP contribution in [0.5, 0.6) is 0 Å². The van der Waals surface area contributed by atoms with Crippen molar-refractivity contribution in [2.75, 3.05) is 0 Å². The third-order valence-electron chi connectivity index (χ3n) is 2.57. The fourth-order valence-corrected chi connectivity index (χ4v) is 2.38. The molecule has 0 radical (unpaired) electrons. The van der Waals surface area contributed by atoms with E-state index in [1.807, 2.05) is 31.4 Å². The first kappa shape index (κ1) is 14.0. The SMILES string of the molecule is CC(C)c1cc(C(=O)OCc2cccs2)cc(Cl)n1. The highest BCUT2D eigenvalue weighted by Gasteiger charge is 2.12. The molecule has 0 saturated carbocycles. The van der Waals surface area contributed by atoms with E-state index in [2.05, 4.69) is 4.98 Å². The number of rotatable bonds is 4. The van der Waals surface area contributed by atoms with Crippen LogP contribution in [0.3, 0.4) is 0 Å². The van der Waals surface area contributed by atoms with Crippen molar-refractivity contribution in [2.24, 2.45) is 0 Å². The summed E-state index contributed by atoms with van der Waals surface area (Å²) in [7, 11) is 0. The lowest BCUT2D eigenvalue weighted by Crippen LogP contribution is -2.07. The van der Waals surface area contributed by atoms with Gasteiger partial charge in [0.15, 0.2) is 0 Å². The minimum absolute atomic E-state index is 0.211.